The molecule has 0 fully saturated rings. The smallest absolute Gasteiger partial charge is 0.320 e. The number of carbonyl (C=O) groups is 1. The second kappa shape index (κ2) is 7.01. The van der Waals surface area contributed by atoms with Crippen molar-refractivity contribution in [2.75, 3.05) is 17.7 Å². The first kappa shape index (κ1) is 15.8. The van der Waals surface area contributed by atoms with Crippen molar-refractivity contribution in [3.8, 4) is 5.75 Å². The molecule has 0 bridgehead atoms. The van der Waals surface area contributed by atoms with Gasteiger partial charge in [-0.1, -0.05) is 34.9 Å². The summed E-state index contributed by atoms with van der Waals surface area (Å²) in [6, 6.07) is 14.1. The van der Waals surface area contributed by atoms with Gasteiger partial charge in [0.15, 0.2) is 0 Å². The van der Waals surface area contributed by atoms with E-state index in [2.05, 4.69) is 20.8 Å². The highest BCUT2D eigenvalue weighted by atomic mass is 35.5. The maximum Gasteiger partial charge on any atom is 0.320 e. The first-order valence-electron chi connectivity index (χ1n) is 6.96. The fourth-order valence-corrected chi connectivity index (χ4v) is 2.13. The number of aromatic nitrogens is 2. The van der Waals surface area contributed by atoms with Crippen LogP contribution in [0.1, 0.15) is 10.7 Å². The number of halogens is 1. The second-order valence-corrected chi connectivity index (χ2v) is 5.11. The maximum absolute atomic E-state index is 12.1. The molecule has 0 saturated carbocycles. The van der Waals surface area contributed by atoms with Crippen LogP contribution in [0, 0.1) is 0 Å². The molecule has 3 aromatic rings. The number of amides is 1. The zero-order valence-corrected chi connectivity index (χ0v) is 13.4. The van der Waals surface area contributed by atoms with E-state index >= 15 is 0 Å². The standard InChI is InChI=1S/C16H13ClN4O3/c1-23-13-9-11(7-8-12(13)17)19-16-21-20-15(24-16)14(22)18-10-5-3-2-4-6-10/h2-9H,1H3,(H,18,22)(H,19,21). The predicted octanol–water partition coefficient (Wildman–Crippen LogP) is 3.73. The quantitative estimate of drug-likeness (QED) is 0.733. The van der Waals surface area contributed by atoms with Crippen LogP contribution in [0.3, 0.4) is 0 Å². The topological polar surface area (TPSA) is 89.3 Å². The molecule has 3 rings (SSSR count). The van der Waals surface area contributed by atoms with Gasteiger partial charge in [0, 0.05) is 17.4 Å². The van der Waals surface area contributed by atoms with Crippen LogP contribution in [0.15, 0.2) is 52.9 Å². The Hall–Kier alpha value is -3.06. The van der Waals surface area contributed by atoms with E-state index in [-0.39, 0.29) is 11.9 Å². The van der Waals surface area contributed by atoms with Crippen LogP contribution >= 0.6 is 11.6 Å². The largest absolute Gasteiger partial charge is 0.495 e. The molecule has 24 heavy (non-hydrogen) atoms. The van der Waals surface area contributed by atoms with E-state index in [1.165, 1.54) is 7.11 Å². The van der Waals surface area contributed by atoms with Crippen molar-refractivity contribution >= 4 is 34.9 Å². The van der Waals surface area contributed by atoms with Crippen LogP contribution in [-0.2, 0) is 0 Å². The van der Waals surface area contributed by atoms with E-state index < -0.39 is 5.91 Å². The van der Waals surface area contributed by atoms with E-state index in [1.807, 2.05) is 18.2 Å². The highest BCUT2D eigenvalue weighted by Gasteiger charge is 2.15. The van der Waals surface area contributed by atoms with Crippen molar-refractivity contribution in [2.24, 2.45) is 0 Å². The van der Waals surface area contributed by atoms with Crippen LogP contribution < -0.4 is 15.4 Å². The molecule has 0 saturated heterocycles. The molecule has 0 spiro atoms. The minimum absolute atomic E-state index is 0.0811. The molecule has 1 aromatic heterocycles. The normalized spacial score (nSPS) is 10.2. The number of anilines is 3. The van der Waals surface area contributed by atoms with Crippen molar-refractivity contribution in [3.05, 3.63) is 59.4 Å². The molecule has 0 aliphatic carbocycles. The third kappa shape index (κ3) is 3.64. The number of benzene rings is 2. The molecule has 0 radical (unpaired) electrons. The SMILES string of the molecule is COc1cc(Nc2nnc(C(=O)Nc3ccccc3)o2)ccc1Cl. The molecule has 122 valence electrons. The Morgan fingerprint density at radius 2 is 1.92 bits per heavy atom. The number of ether oxygens (including phenoxy) is 1. The van der Waals surface area contributed by atoms with Crippen molar-refractivity contribution < 1.29 is 13.9 Å². The molecular formula is C16H13ClN4O3. The van der Waals surface area contributed by atoms with Gasteiger partial charge < -0.3 is 19.8 Å². The van der Waals surface area contributed by atoms with E-state index in [0.29, 0.717) is 22.1 Å². The maximum atomic E-state index is 12.1. The fourth-order valence-electron chi connectivity index (χ4n) is 1.93. The van der Waals surface area contributed by atoms with Gasteiger partial charge in [-0.2, -0.15) is 0 Å². The van der Waals surface area contributed by atoms with Crippen molar-refractivity contribution in [2.45, 2.75) is 0 Å². The van der Waals surface area contributed by atoms with Gasteiger partial charge in [-0.15, -0.1) is 5.10 Å². The summed E-state index contributed by atoms with van der Waals surface area (Å²) in [5, 5.41) is 13.5. The summed E-state index contributed by atoms with van der Waals surface area (Å²) in [6.45, 7) is 0. The van der Waals surface area contributed by atoms with Gasteiger partial charge in [0.2, 0.25) is 0 Å². The van der Waals surface area contributed by atoms with E-state index in [9.17, 15) is 4.79 Å². The first-order valence-corrected chi connectivity index (χ1v) is 7.34. The van der Waals surface area contributed by atoms with Gasteiger partial charge in [-0.3, -0.25) is 4.79 Å². The molecular weight excluding hydrogens is 332 g/mol. The number of nitrogens with one attached hydrogen (secondary N) is 2. The lowest BCUT2D eigenvalue weighted by molar-refractivity contribution is 0.0991. The Balaban J connectivity index is 1.70. The molecule has 0 unspecified atom stereocenters. The van der Waals surface area contributed by atoms with Crippen molar-refractivity contribution in [1.29, 1.82) is 0 Å². The molecule has 2 N–H and O–H groups in total. The number of rotatable bonds is 5. The Labute approximate surface area is 142 Å². The highest BCUT2D eigenvalue weighted by Crippen LogP contribution is 2.28. The highest BCUT2D eigenvalue weighted by molar-refractivity contribution is 6.32. The summed E-state index contributed by atoms with van der Waals surface area (Å²) in [6.07, 6.45) is 0. The molecule has 8 heteroatoms. The third-order valence-corrected chi connectivity index (χ3v) is 3.37. The first-order chi connectivity index (χ1) is 11.7. The number of hydrogen-bond acceptors (Lipinski definition) is 6. The summed E-state index contributed by atoms with van der Waals surface area (Å²) in [5.41, 5.74) is 1.27. The fraction of sp³-hybridized carbons (Fsp3) is 0.0625. The molecule has 0 atom stereocenters. The van der Waals surface area contributed by atoms with Gasteiger partial charge in [-0.05, 0) is 24.3 Å². The average molecular weight is 345 g/mol. The van der Waals surface area contributed by atoms with Crippen LogP contribution in [0.5, 0.6) is 5.75 Å². The van der Waals surface area contributed by atoms with E-state index in [4.69, 9.17) is 20.8 Å². The predicted molar refractivity (Wildman–Crippen MR) is 90.0 cm³/mol. The summed E-state index contributed by atoms with van der Waals surface area (Å²) in [5.74, 6) is -0.138. The Morgan fingerprint density at radius 3 is 2.67 bits per heavy atom. The summed E-state index contributed by atoms with van der Waals surface area (Å²) in [7, 11) is 1.52. The summed E-state index contributed by atoms with van der Waals surface area (Å²) in [4.78, 5) is 12.1. The Morgan fingerprint density at radius 1 is 1.12 bits per heavy atom. The molecule has 0 aliphatic rings. The van der Waals surface area contributed by atoms with Crippen molar-refractivity contribution in [3.63, 3.8) is 0 Å². The Kier molecular flexibility index (Phi) is 4.62. The van der Waals surface area contributed by atoms with Gasteiger partial charge >= 0.3 is 17.8 Å². The molecule has 7 nitrogen and oxygen atoms in total. The van der Waals surface area contributed by atoms with Gasteiger partial charge in [0.05, 0.1) is 12.1 Å². The third-order valence-electron chi connectivity index (χ3n) is 3.05. The molecule has 2 aromatic carbocycles. The lowest BCUT2D eigenvalue weighted by Gasteiger charge is -2.06. The van der Waals surface area contributed by atoms with Crippen LogP contribution in [0.4, 0.5) is 17.4 Å². The van der Waals surface area contributed by atoms with E-state index in [0.717, 1.165) is 0 Å². The summed E-state index contributed by atoms with van der Waals surface area (Å²) < 4.78 is 10.4. The number of methoxy groups -OCH3 is 1. The minimum atomic E-state index is -0.490. The van der Waals surface area contributed by atoms with E-state index in [1.54, 1.807) is 30.3 Å². The molecule has 1 heterocycles. The number of para-hydroxylation sites is 1. The van der Waals surface area contributed by atoms with Crippen LogP contribution in [0.2, 0.25) is 5.02 Å². The van der Waals surface area contributed by atoms with Crippen LogP contribution in [-0.4, -0.2) is 23.2 Å². The summed E-state index contributed by atoms with van der Waals surface area (Å²) >= 11 is 5.96. The van der Waals surface area contributed by atoms with Gasteiger partial charge in [0.1, 0.15) is 5.75 Å². The lowest BCUT2D eigenvalue weighted by Crippen LogP contribution is -2.12. The number of hydrogen-bond donors (Lipinski definition) is 2. The lowest BCUT2D eigenvalue weighted by atomic mass is 10.3. The second-order valence-electron chi connectivity index (χ2n) is 4.71. The minimum Gasteiger partial charge on any atom is -0.495 e. The van der Waals surface area contributed by atoms with Gasteiger partial charge in [-0.25, -0.2) is 0 Å². The zero-order valence-electron chi connectivity index (χ0n) is 12.6. The number of carbonyl (C=O) groups excluding carboxylic acids is 1. The average Bonchev–Trinajstić information content (AvgIpc) is 3.06. The van der Waals surface area contributed by atoms with Crippen LogP contribution in [0.25, 0.3) is 0 Å². The number of nitrogens with zero attached hydrogens (tertiary/aromatic N) is 2. The molecule has 1 amide bonds. The monoisotopic (exact) mass is 344 g/mol. The Bertz CT molecular complexity index is 852. The van der Waals surface area contributed by atoms with Crippen molar-refractivity contribution in [1.82, 2.24) is 10.2 Å². The zero-order chi connectivity index (χ0) is 16.9. The van der Waals surface area contributed by atoms with Gasteiger partial charge in [0.25, 0.3) is 0 Å². The molecule has 0 aliphatic heterocycles.